The smallest absolute Gasteiger partial charge is 0.141 e. The van der Waals surface area contributed by atoms with Crippen molar-refractivity contribution in [1.82, 2.24) is 4.73 Å². The van der Waals surface area contributed by atoms with E-state index in [0.29, 0.717) is 11.1 Å². The van der Waals surface area contributed by atoms with Crippen LogP contribution in [0, 0.1) is 6.92 Å². The highest BCUT2D eigenvalue weighted by atomic mass is 16.5. The van der Waals surface area contributed by atoms with Gasteiger partial charge in [-0.15, -0.1) is 0 Å². The van der Waals surface area contributed by atoms with E-state index in [1.807, 2.05) is 13.0 Å². The van der Waals surface area contributed by atoms with Gasteiger partial charge in [0.1, 0.15) is 6.10 Å². The molecule has 0 amide bonds. The molecule has 1 unspecified atom stereocenters. The molecule has 85 valence electrons. The molecule has 4 heteroatoms. The van der Waals surface area contributed by atoms with Gasteiger partial charge in [0.05, 0.1) is 12.1 Å². The first kappa shape index (κ1) is 11.0. The normalized spacial score (nSPS) is 13.2. The number of hydrogen-bond donors (Lipinski definition) is 1. The van der Waals surface area contributed by atoms with Crippen LogP contribution in [0.25, 0.3) is 10.9 Å². The molecule has 1 N–H and O–H groups in total. The van der Waals surface area contributed by atoms with E-state index in [1.54, 1.807) is 18.3 Å². The average molecular weight is 220 g/mol. The van der Waals surface area contributed by atoms with Crippen molar-refractivity contribution in [2.24, 2.45) is 0 Å². The van der Waals surface area contributed by atoms with Crippen molar-refractivity contribution >= 4 is 10.9 Å². The number of benzene rings is 1. The van der Waals surface area contributed by atoms with Crippen LogP contribution in [0.4, 0.5) is 0 Å². The van der Waals surface area contributed by atoms with Crippen molar-refractivity contribution in [2.75, 3.05) is 13.7 Å². The van der Waals surface area contributed by atoms with Crippen LogP contribution >= 0.6 is 0 Å². The second kappa shape index (κ2) is 4.15. The molecule has 2 rings (SSSR count). The molecular formula is C12H14NO3. The van der Waals surface area contributed by atoms with E-state index < -0.39 is 6.10 Å². The monoisotopic (exact) mass is 220 g/mol. The summed E-state index contributed by atoms with van der Waals surface area (Å²) in [4.78, 5) is 0. The van der Waals surface area contributed by atoms with Gasteiger partial charge in [-0.1, -0.05) is 6.07 Å². The van der Waals surface area contributed by atoms with E-state index in [0.717, 1.165) is 15.7 Å². The Morgan fingerprint density at radius 2 is 2.25 bits per heavy atom. The first-order chi connectivity index (χ1) is 7.63. The van der Waals surface area contributed by atoms with Gasteiger partial charge in [-0.25, -0.2) is 5.11 Å². The SMILES string of the molecule is COCC([O])c1ccc2c(c1)c(C)cn2O. The molecule has 0 saturated heterocycles. The Morgan fingerprint density at radius 1 is 1.50 bits per heavy atom. The van der Waals surface area contributed by atoms with Crippen molar-refractivity contribution in [3.8, 4) is 0 Å². The summed E-state index contributed by atoms with van der Waals surface area (Å²) in [5.74, 6) is 0. The topological polar surface area (TPSA) is 54.3 Å². The molecule has 1 radical (unpaired) electrons. The molecule has 2 aromatic rings. The third-order valence-corrected chi connectivity index (χ3v) is 2.70. The number of hydrogen-bond acceptors (Lipinski definition) is 2. The largest absolute Gasteiger partial charge is 0.428 e. The predicted molar refractivity (Wildman–Crippen MR) is 59.2 cm³/mol. The number of methoxy groups -OCH3 is 1. The molecule has 16 heavy (non-hydrogen) atoms. The maximum atomic E-state index is 11.7. The van der Waals surface area contributed by atoms with E-state index >= 15 is 0 Å². The van der Waals surface area contributed by atoms with Gasteiger partial charge in [-0.3, -0.25) is 0 Å². The van der Waals surface area contributed by atoms with Crippen LogP contribution in [0.1, 0.15) is 17.2 Å². The third-order valence-electron chi connectivity index (χ3n) is 2.70. The number of aryl methyl sites for hydroxylation is 1. The van der Waals surface area contributed by atoms with E-state index in [-0.39, 0.29) is 6.61 Å². The summed E-state index contributed by atoms with van der Waals surface area (Å²) in [7, 11) is 1.51. The van der Waals surface area contributed by atoms with Crippen molar-refractivity contribution < 1.29 is 15.1 Å². The summed E-state index contributed by atoms with van der Waals surface area (Å²) < 4.78 is 5.91. The van der Waals surface area contributed by atoms with Crippen LogP contribution < -0.4 is 0 Å². The first-order valence-electron chi connectivity index (χ1n) is 5.09. The quantitative estimate of drug-likeness (QED) is 0.807. The number of fused-ring (bicyclic) bond motifs is 1. The maximum absolute atomic E-state index is 11.7. The van der Waals surface area contributed by atoms with Gasteiger partial charge in [0.25, 0.3) is 0 Å². The molecule has 0 saturated carbocycles. The second-order valence-electron chi connectivity index (χ2n) is 3.88. The highest BCUT2D eigenvalue weighted by molar-refractivity contribution is 5.84. The Hall–Kier alpha value is -1.52. The Labute approximate surface area is 93.6 Å². The molecule has 1 aromatic carbocycles. The summed E-state index contributed by atoms with van der Waals surface area (Å²) in [6.45, 7) is 2.05. The van der Waals surface area contributed by atoms with E-state index in [2.05, 4.69) is 0 Å². The number of nitrogens with zero attached hydrogens (tertiary/aromatic N) is 1. The molecule has 0 spiro atoms. The molecule has 0 bridgehead atoms. The van der Waals surface area contributed by atoms with Crippen LogP contribution in [0.15, 0.2) is 24.4 Å². The van der Waals surface area contributed by atoms with Gasteiger partial charge in [-0.05, 0) is 30.2 Å². The Bertz CT molecular complexity index is 504. The predicted octanol–water partition coefficient (Wildman–Crippen LogP) is 2.31. The minimum atomic E-state index is -0.879. The zero-order valence-electron chi connectivity index (χ0n) is 9.30. The van der Waals surface area contributed by atoms with Crippen LogP contribution in [-0.2, 0) is 9.84 Å². The molecule has 0 fully saturated rings. The fourth-order valence-electron chi connectivity index (χ4n) is 1.84. The Kier molecular flexibility index (Phi) is 2.85. The molecule has 1 atom stereocenters. The van der Waals surface area contributed by atoms with Gasteiger partial charge in [0, 0.05) is 18.7 Å². The summed E-state index contributed by atoms with van der Waals surface area (Å²) in [5.41, 5.74) is 2.35. The molecule has 0 aliphatic heterocycles. The van der Waals surface area contributed by atoms with Crippen LogP contribution in [0.5, 0.6) is 0 Å². The third kappa shape index (κ3) is 1.77. The first-order valence-corrected chi connectivity index (χ1v) is 5.09. The van der Waals surface area contributed by atoms with Gasteiger partial charge in [0.15, 0.2) is 0 Å². The minimum Gasteiger partial charge on any atom is -0.428 e. The maximum Gasteiger partial charge on any atom is 0.141 e. The van der Waals surface area contributed by atoms with Gasteiger partial charge in [0.2, 0.25) is 0 Å². The molecule has 0 aliphatic carbocycles. The molecule has 1 aromatic heterocycles. The summed E-state index contributed by atoms with van der Waals surface area (Å²) in [6, 6.07) is 5.29. The zero-order valence-corrected chi connectivity index (χ0v) is 9.30. The summed E-state index contributed by atoms with van der Waals surface area (Å²) in [6.07, 6.45) is 0.751. The van der Waals surface area contributed by atoms with Crippen LogP contribution in [-0.4, -0.2) is 23.7 Å². The molecule has 0 aliphatic rings. The van der Waals surface area contributed by atoms with E-state index in [9.17, 15) is 10.3 Å². The number of aromatic nitrogens is 1. The number of ether oxygens (including phenoxy) is 1. The van der Waals surface area contributed by atoms with Crippen LogP contribution in [0.3, 0.4) is 0 Å². The standard InChI is InChI=1S/C12H14NO3/c1-8-6-13(15)11-4-3-9(5-10(8)11)12(14)7-16-2/h3-6,12,15H,7H2,1-2H3. The van der Waals surface area contributed by atoms with E-state index in [4.69, 9.17) is 4.74 Å². The van der Waals surface area contributed by atoms with Crippen molar-refractivity contribution in [2.45, 2.75) is 13.0 Å². The molecule has 4 nitrogen and oxygen atoms in total. The Balaban J connectivity index is 2.47. The average Bonchev–Trinajstić information content (AvgIpc) is 2.55. The molecular weight excluding hydrogens is 206 g/mol. The van der Waals surface area contributed by atoms with Gasteiger partial charge < -0.3 is 9.94 Å². The molecule has 1 heterocycles. The summed E-state index contributed by atoms with van der Waals surface area (Å²) in [5, 5.41) is 22.1. The second-order valence-corrected chi connectivity index (χ2v) is 3.88. The van der Waals surface area contributed by atoms with Gasteiger partial charge in [-0.2, -0.15) is 4.73 Å². The lowest BCUT2D eigenvalue weighted by Gasteiger charge is -2.07. The lowest BCUT2D eigenvalue weighted by Crippen LogP contribution is -2.03. The van der Waals surface area contributed by atoms with Gasteiger partial charge >= 0.3 is 0 Å². The van der Waals surface area contributed by atoms with Crippen molar-refractivity contribution in [3.63, 3.8) is 0 Å². The van der Waals surface area contributed by atoms with Crippen LogP contribution in [0.2, 0.25) is 0 Å². The fourth-order valence-corrected chi connectivity index (χ4v) is 1.84. The van der Waals surface area contributed by atoms with Crippen molar-refractivity contribution in [1.29, 1.82) is 0 Å². The zero-order chi connectivity index (χ0) is 11.7. The highest BCUT2D eigenvalue weighted by Gasteiger charge is 2.12. The lowest BCUT2D eigenvalue weighted by molar-refractivity contribution is 0.0144. The highest BCUT2D eigenvalue weighted by Crippen LogP contribution is 2.24. The Morgan fingerprint density at radius 3 is 2.94 bits per heavy atom. The lowest BCUT2D eigenvalue weighted by atomic mass is 10.1. The van der Waals surface area contributed by atoms with Crippen molar-refractivity contribution in [3.05, 3.63) is 35.5 Å². The van der Waals surface area contributed by atoms with E-state index in [1.165, 1.54) is 7.11 Å². The fraction of sp³-hybridized carbons (Fsp3) is 0.333. The number of rotatable bonds is 3. The minimum absolute atomic E-state index is 0.157. The summed E-state index contributed by atoms with van der Waals surface area (Å²) >= 11 is 0.